The van der Waals surface area contributed by atoms with Gasteiger partial charge < -0.3 is 15.0 Å². The summed E-state index contributed by atoms with van der Waals surface area (Å²) < 4.78 is 4.81. The molecule has 3 rings (SSSR count). The van der Waals surface area contributed by atoms with E-state index in [0.717, 1.165) is 10.4 Å². The molecule has 1 atom stereocenters. The van der Waals surface area contributed by atoms with Gasteiger partial charge in [0.1, 0.15) is 6.54 Å². The molecule has 1 aromatic carbocycles. The molecule has 2 amide bonds. The third-order valence-electron chi connectivity index (χ3n) is 4.21. The van der Waals surface area contributed by atoms with Crippen LogP contribution in [0, 0.1) is 0 Å². The number of esters is 1. The number of rotatable bonds is 7. The van der Waals surface area contributed by atoms with E-state index in [0.29, 0.717) is 12.1 Å². The second kappa shape index (κ2) is 8.14. The standard InChI is InChI=1S/C19H20N2O4S/c1-2-25-18(23)11-20-17(22)10-15(16-8-5-9-26-16)21-12-13-6-3-4-7-14(13)19(21)24/h3-9,15H,2,10-12H2,1H3,(H,20,22). The molecule has 0 saturated heterocycles. The molecule has 7 heteroatoms. The molecule has 1 N–H and O–H groups in total. The van der Waals surface area contributed by atoms with E-state index in [2.05, 4.69) is 5.32 Å². The van der Waals surface area contributed by atoms with Crippen LogP contribution in [0.4, 0.5) is 0 Å². The first-order valence-corrected chi connectivity index (χ1v) is 9.32. The van der Waals surface area contributed by atoms with E-state index in [9.17, 15) is 14.4 Å². The van der Waals surface area contributed by atoms with Crippen LogP contribution in [0.3, 0.4) is 0 Å². The van der Waals surface area contributed by atoms with Crippen LogP contribution in [0.2, 0.25) is 0 Å². The van der Waals surface area contributed by atoms with Crippen LogP contribution in [0.15, 0.2) is 41.8 Å². The third-order valence-corrected chi connectivity index (χ3v) is 5.18. The molecule has 1 aliphatic heterocycles. The number of nitrogens with one attached hydrogen (secondary N) is 1. The lowest BCUT2D eigenvalue weighted by molar-refractivity contribution is -0.143. The fraction of sp³-hybridized carbons (Fsp3) is 0.316. The van der Waals surface area contributed by atoms with Gasteiger partial charge in [0.15, 0.2) is 0 Å². The monoisotopic (exact) mass is 372 g/mol. The predicted molar refractivity (Wildman–Crippen MR) is 97.6 cm³/mol. The second-order valence-electron chi connectivity index (χ2n) is 5.91. The minimum Gasteiger partial charge on any atom is -0.465 e. The average molecular weight is 372 g/mol. The number of benzene rings is 1. The van der Waals surface area contributed by atoms with Crippen molar-refractivity contribution in [3.05, 3.63) is 57.8 Å². The summed E-state index contributed by atoms with van der Waals surface area (Å²) in [7, 11) is 0. The average Bonchev–Trinajstić information content (AvgIpc) is 3.27. The quantitative estimate of drug-likeness (QED) is 0.758. The topological polar surface area (TPSA) is 75.7 Å². The van der Waals surface area contributed by atoms with Gasteiger partial charge in [0, 0.05) is 17.0 Å². The van der Waals surface area contributed by atoms with Gasteiger partial charge in [0.2, 0.25) is 5.91 Å². The lowest BCUT2D eigenvalue weighted by Gasteiger charge is -2.26. The van der Waals surface area contributed by atoms with Crippen molar-refractivity contribution in [1.29, 1.82) is 0 Å². The molecule has 0 radical (unpaired) electrons. The summed E-state index contributed by atoms with van der Waals surface area (Å²) >= 11 is 1.51. The number of nitrogens with zero attached hydrogens (tertiary/aromatic N) is 1. The van der Waals surface area contributed by atoms with Crippen molar-refractivity contribution in [1.82, 2.24) is 10.2 Å². The highest BCUT2D eigenvalue weighted by Gasteiger charge is 2.34. The van der Waals surface area contributed by atoms with Crippen LogP contribution in [0.5, 0.6) is 0 Å². The van der Waals surface area contributed by atoms with E-state index in [4.69, 9.17) is 4.74 Å². The number of ether oxygens (including phenoxy) is 1. The number of carbonyl (C=O) groups is 3. The Labute approximate surface area is 155 Å². The Morgan fingerprint density at radius 3 is 2.77 bits per heavy atom. The molecule has 1 unspecified atom stereocenters. The van der Waals surface area contributed by atoms with Gasteiger partial charge in [-0.3, -0.25) is 14.4 Å². The van der Waals surface area contributed by atoms with Gasteiger partial charge >= 0.3 is 5.97 Å². The minimum absolute atomic E-state index is 0.0720. The molecule has 0 fully saturated rings. The maximum Gasteiger partial charge on any atom is 0.325 e. The first-order valence-electron chi connectivity index (χ1n) is 8.44. The highest BCUT2D eigenvalue weighted by molar-refractivity contribution is 7.10. The van der Waals surface area contributed by atoms with E-state index in [1.165, 1.54) is 11.3 Å². The maximum absolute atomic E-state index is 12.8. The van der Waals surface area contributed by atoms with Gasteiger partial charge in [-0.05, 0) is 30.0 Å². The zero-order valence-corrected chi connectivity index (χ0v) is 15.3. The maximum atomic E-state index is 12.8. The normalized spacial score (nSPS) is 14.0. The number of hydrogen-bond acceptors (Lipinski definition) is 5. The number of fused-ring (bicyclic) bond motifs is 1. The summed E-state index contributed by atoms with van der Waals surface area (Å²) in [5.74, 6) is -0.837. The molecule has 136 valence electrons. The molecular weight excluding hydrogens is 352 g/mol. The summed E-state index contributed by atoms with van der Waals surface area (Å²) in [6.45, 7) is 2.29. The van der Waals surface area contributed by atoms with Gasteiger partial charge in [-0.25, -0.2) is 0 Å². The Kier molecular flexibility index (Phi) is 5.68. The highest BCUT2D eigenvalue weighted by Crippen LogP contribution is 2.35. The molecule has 2 heterocycles. The van der Waals surface area contributed by atoms with Crippen LogP contribution in [0.25, 0.3) is 0 Å². The van der Waals surface area contributed by atoms with Crippen LogP contribution in [-0.4, -0.2) is 35.8 Å². The van der Waals surface area contributed by atoms with Crippen molar-refractivity contribution in [2.45, 2.75) is 25.9 Å². The van der Waals surface area contributed by atoms with E-state index in [-0.39, 0.29) is 37.4 Å². The lowest BCUT2D eigenvalue weighted by Crippen LogP contribution is -2.36. The third kappa shape index (κ3) is 3.94. The van der Waals surface area contributed by atoms with Crippen molar-refractivity contribution in [2.24, 2.45) is 0 Å². The summed E-state index contributed by atoms with van der Waals surface area (Å²) in [5, 5.41) is 4.50. The minimum atomic E-state index is -0.474. The fourth-order valence-corrected chi connectivity index (χ4v) is 3.84. The Balaban J connectivity index is 1.73. The van der Waals surface area contributed by atoms with Crippen molar-refractivity contribution >= 4 is 29.1 Å². The molecule has 0 aliphatic carbocycles. The molecule has 26 heavy (non-hydrogen) atoms. The van der Waals surface area contributed by atoms with Crippen molar-refractivity contribution in [3.8, 4) is 0 Å². The highest BCUT2D eigenvalue weighted by atomic mass is 32.1. The lowest BCUT2D eigenvalue weighted by atomic mass is 10.1. The van der Waals surface area contributed by atoms with E-state index in [1.807, 2.05) is 41.8 Å². The van der Waals surface area contributed by atoms with Crippen molar-refractivity contribution < 1.29 is 19.1 Å². The van der Waals surface area contributed by atoms with Crippen LogP contribution in [-0.2, 0) is 20.9 Å². The molecule has 0 spiro atoms. The van der Waals surface area contributed by atoms with Crippen LogP contribution < -0.4 is 5.32 Å². The Bertz CT molecular complexity index is 804. The van der Waals surface area contributed by atoms with Gasteiger partial charge in [-0.2, -0.15) is 0 Å². The van der Waals surface area contributed by atoms with E-state index >= 15 is 0 Å². The number of thiophene rings is 1. The zero-order chi connectivity index (χ0) is 18.5. The molecular formula is C19H20N2O4S. The smallest absolute Gasteiger partial charge is 0.325 e. The predicted octanol–water partition coefficient (Wildman–Crippen LogP) is 2.51. The first-order chi connectivity index (χ1) is 12.6. The largest absolute Gasteiger partial charge is 0.465 e. The van der Waals surface area contributed by atoms with Gasteiger partial charge in [0.05, 0.1) is 19.1 Å². The molecule has 0 bridgehead atoms. The van der Waals surface area contributed by atoms with Crippen molar-refractivity contribution in [2.75, 3.05) is 13.2 Å². The zero-order valence-electron chi connectivity index (χ0n) is 14.4. The van der Waals surface area contributed by atoms with E-state index in [1.54, 1.807) is 11.8 Å². The molecule has 2 aromatic rings. The summed E-state index contributed by atoms with van der Waals surface area (Å²) in [5.41, 5.74) is 1.65. The Morgan fingerprint density at radius 2 is 2.08 bits per heavy atom. The summed E-state index contributed by atoms with van der Waals surface area (Å²) in [6, 6.07) is 10.9. The van der Waals surface area contributed by atoms with Crippen LogP contribution in [0.1, 0.15) is 40.2 Å². The van der Waals surface area contributed by atoms with Gasteiger partial charge in [-0.1, -0.05) is 24.3 Å². The number of carbonyl (C=O) groups excluding carboxylic acids is 3. The fourth-order valence-electron chi connectivity index (χ4n) is 3.00. The molecule has 1 aromatic heterocycles. The number of hydrogen-bond donors (Lipinski definition) is 1. The molecule has 1 aliphatic rings. The van der Waals surface area contributed by atoms with Crippen molar-refractivity contribution in [3.63, 3.8) is 0 Å². The number of amides is 2. The van der Waals surface area contributed by atoms with Gasteiger partial charge in [0.25, 0.3) is 5.91 Å². The van der Waals surface area contributed by atoms with Crippen LogP contribution >= 0.6 is 11.3 Å². The molecule has 0 saturated carbocycles. The molecule has 6 nitrogen and oxygen atoms in total. The summed E-state index contributed by atoms with van der Waals surface area (Å²) in [4.78, 5) is 39.2. The second-order valence-corrected chi connectivity index (χ2v) is 6.89. The van der Waals surface area contributed by atoms with E-state index < -0.39 is 5.97 Å². The first kappa shape index (κ1) is 18.1. The Hall–Kier alpha value is -2.67. The SMILES string of the molecule is CCOC(=O)CNC(=O)CC(c1cccs1)N1Cc2ccccc2C1=O. The summed E-state index contributed by atoms with van der Waals surface area (Å²) in [6.07, 6.45) is 0.0969. The van der Waals surface area contributed by atoms with Gasteiger partial charge in [-0.15, -0.1) is 11.3 Å². The Morgan fingerprint density at radius 1 is 1.27 bits per heavy atom.